The van der Waals surface area contributed by atoms with Crippen LogP contribution in [0.3, 0.4) is 0 Å². The number of benzene rings is 9. The van der Waals surface area contributed by atoms with Crippen LogP contribution in [0.5, 0.6) is 0 Å². The first kappa shape index (κ1) is 42.4. The molecule has 0 spiro atoms. The van der Waals surface area contributed by atoms with Crippen LogP contribution in [0.15, 0.2) is 266 Å². The number of allylic oxidation sites excluding steroid dienone is 4. The summed E-state index contributed by atoms with van der Waals surface area (Å²) in [6.07, 6.45) is 12.4. The predicted octanol–water partition coefficient (Wildman–Crippen LogP) is 18.3. The highest BCUT2D eigenvalue weighted by atomic mass is 15.2. The van der Waals surface area contributed by atoms with Gasteiger partial charge in [0.05, 0.1) is 0 Å². The van der Waals surface area contributed by atoms with Crippen molar-refractivity contribution in [2.45, 2.75) is 43.9 Å². The molecule has 9 aromatic carbocycles. The first-order valence-electron chi connectivity index (χ1n) is 24.9. The van der Waals surface area contributed by atoms with E-state index in [4.69, 9.17) is 0 Å². The Kier molecular flexibility index (Phi) is 11.4. The predicted molar refractivity (Wildman–Crippen MR) is 290 cm³/mol. The van der Waals surface area contributed by atoms with Gasteiger partial charge in [-0.25, -0.2) is 0 Å². The molecule has 2 unspecified atom stereocenters. The fraction of sp³-hybridized carbons (Fsp3) is 0.134. The highest BCUT2D eigenvalue weighted by Gasteiger charge is 2.52. The first-order valence-corrected chi connectivity index (χ1v) is 24.9. The summed E-state index contributed by atoms with van der Waals surface area (Å²) in [5.41, 5.74) is 20.2. The van der Waals surface area contributed by atoms with Gasteiger partial charge in [0.1, 0.15) is 0 Å². The standard InChI is InChI=1S/C67H56N2/c1-6-16-49(17-7-1)53-24-34-58(35-25-53)68(59-36-26-54(27-37-59)50-18-8-2-9-19-50)60-42-32-57(33-43-60)67(46-14-5-15-47-67)65-44-45-66(64-48-63(64)65)69(61-38-28-55(29-39-61)51-20-10-3-11-21-51)62-40-30-56(31-41-62)52-22-12-4-13-23-52/h1-4,6-13,16-45,63-64H,5,14-15,46-48H2. The summed E-state index contributed by atoms with van der Waals surface area (Å²) in [7, 11) is 0. The smallest absolute Gasteiger partial charge is 0.0462 e. The van der Waals surface area contributed by atoms with Gasteiger partial charge < -0.3 is 9.80 Å². The molecule has 2 heteroatoms. The highest BCUT2D eigenvalue weighted by molar-refractivity contribution is 5.81. The van der Waals surface area contributed by atoms with Crippen LogP contribution in [0.1, 0.15) is 44.1 Å². The molecule has 12 rings (SSSR count). The van der Waals surface area contributed by atoms with E-state index < -0.39 is 0 Å². The van der Waals surface area contributed by atoms with Crippen molar-refractivity contribution in [3.8, 4) is 44.5 Å². The van der Waals surface area contributed by atoms with Gasteiger partial charge in [0, 0.05) is 45.5 Å². The quantitative estimate of drug-likeness (QED) is 0.121. The lowest BCUT2D eigenvalue weighted by atomic mass is 9.63. The second-order valence-electron chi connectivity index (χ2n) is 19.2. The van der Waals surface area contributed by atoms with Gasteiger partial charge in [-0.05, 0) is 142 Å². The zero-order valence-corrected chi connectivity index (χ0v) is 39.0. The summed E-state index contributed by atoms with van der Waals surface area (Å²) in [5.74, 6) is 0.999. The minimum absolute atomic E-state index is 0.0250. The van der Waals surface area contributed by atoms with E-state index in [0.717, 1.165) is 11.4 Å². The van der Waals surface area contributed by atoms with Gasteiger partial charge in [-0.15, -0.1) is 0 Å². The van der Waals surface area contributed by atoms with Gasteiger partial charge in [-0.3, -0.25) is 0 Å². The van der Waals surface area contributed by atoms with E-state index in [1.54, 1.807) is 5.57 Å². The van der Waals surface area contributed by atoms with E-state index in [0.29, 0.717) is 11.8 Å². The Balaban J connectivity index is 0.896. The molecular formula is C67H56N2. The number of nitrogens with zero attached hydrogens (tertiary/aromatic N) is 2. The SMILES string of the molecule is C1=C(N(c2ccc(-c3ccccc3)cc2)c2ccc(-c3ccccc3)cc2)C2CC2C(C2(c3ccc(N(c4ccc(-c5ccccc5)cc4)c4ccc(-c5ccccc5)cc4)cc3)CCCCC2)=C1. The van der Waals surface area contributed by atoms with Gasteiger partial charge in [-0.1, -0.05) is 213 Å². The normalized spacial score (nSPS) is 16.9. The second kappa shape index (κ2) is 18.6. The molecule has 0 bridgehead atoms. The van der Waals surface area contributed by atoms with Gasteiger partial charge in [0.2, 0.25) is 0 Å². The molecule has 0 aliphatic heterocycles. The van der Waals surface area contributed by atoms with E-state index in [1.807, 2.05) is 0 Å². The number of rotatable bonds is 12. The van der Waals surface area contributed by atoms with Crippen LogP contribution in [-0.4, -0.2) is 0 Å². The van der Waals surface area contributed by atoms with Gasteiger partial charge in [-0.2, -0.15) is 0 Å². The molecule has 334 valence electrons. The molecule has 2 nitrogen and oxygen atoms in total. The summed E-state index contributed by atoms with van der Waals surface area (Å²) in [6.45, 7) is 0. The van der Waals surface area contributed by atoms with Crippen molar-refractivity contribution < 1.29 is 0 Å². The zero-order chi connectivity index (χ0) is 46.0. The van der Waals surface area contributed by atoms with Crippen LogP contribution in [0.25, 0.3) is 44.5 Å². The number of anilines is 5. The Labute approximate surface area is 408 Å². The molecule has 2 saturated carbocycles. The van der Waals surface area contributed by atoms with E-state index >= 15 is 0 Å². The summed E-state index contributed by atoms with van der Waals surface area (Å²) in [6, 6.07) is 89.0. The minimum atomic E-state index is 0.0250. The molecule has 9 aromatic rings. The molecular weight excluding hydrogens is 833 g/mol. The maximum atomic E-state index is 2.56. The van der Waals surface area contributed by atoms with E-state index in [1.165, 1.54) is 111 Å². The molecule has 3 aliphatic rings. The van der Waals surface area contributed by atoms with Crippen molar-refractivity contribution in [2.75, 3.05) is 9.80 Å². The summed E-state index contributed by atoms with van der Waals surface area (Å²) >= 11 is 0. The van der Waals surface area contributed by atoms with Crippen LogP contribution in [0.4, 0.5) is 28.4 Å². The third-order valence-corrected chi connectivity index (χ3v) is 15.1. The first-order chi connectivity index (χ1) is 34.2. The van der Waals surface area contributed by atoms with Crippen molar-refractivity contribution in [3.05, 3.63) is 272 Å². The number of fused-ring (bicyclic) bond motifs is 1. The molecule has 0 N–H and O–H groups in total. The fourth-order valence-corrected chi connectivity index (χ4v) is 11.5. The lowest BCUT2D eigenvalue weighted by Crippen LogP contribution is -2.34. The third kappa shape index (κ3) is 8.42. The van der Waals surface area contributed by atoms with Crippen molar-refractivity contribution in [1.29, 1.82) is 0 Å². The van der Waals surface area contributed by atoms with Crippen LogP contribution in [-0.2, 0) is 5.41 Å². The monoisotopic (exact) mass is 888 g/mol. The molecule has 2 atom stereocenters. The Bertz CT molecular complexity index is 3040. The van der Waals surface area contributed by atoms with Crippen LogP contribution >= 0.6 is 0 Å². The number of hydrogen-bond donors (Lipinski definition) is 0. The Morgan fingerprint density at radius 1 is 0.290 bits per heavy atom. The van der Waals surface area contributed by atoms with Gasteiger partial charge >= 0.3 is 0 Å². The maximum Gasteiger partial charge on any atom is 0.0462 e. The largest absolute Gasteiger partial charge is 0.314 e. The summed E-state index contributed by atoms with van der Waals surface area (Å²) in [4.78, 5) is 4.96. The zero-order valence-electron chi connectivity index (χ0n) is 39.0. The Morgan fingerprint density at radius 2 is 0.609 bits per heavy atom. The fourth-order valence-electron chi connectivity index (χ4n) is 11.5. The lowest BCUT2D eigenvalue weighted by molar-refractivity contribution is 0.326. The highest BCUT2D eigenvalue weighted by Crippen LogP contribution is 2.61. The minimum Gasteiger partial charge on any atom is -0.314 e. The van der Waals surface area contributed by atoms with Crippen molar-refractivity contribution in [1.82, 2.24) is 0 Å². The van der Waals surface area contributed by atoms with Crippen molar-refractivity contribution in [3.63, 3.8) is 0 Å². The third-order valence-electron chi connectivity index (χ3n) is 15.1. The number of hydrogen-bond acceptors (Lipinski definition) is 2. The Hall–Kier alpha value is -7.94. The molecule has 0 radical (unpaired) electrons. The second-order valence-corrected chi connectivity index (χ2v) is 19.2. The molecule has 0 heterocycles. The molecule has 0 aromatic heterocycles. The van der Waals surface area contributed by atoms with Crippen molar-refractivity contribution in [2.24, 2.45) is 11.8 Å². The van der Waals surface area contributed by atoms with Crippen LogP contribution < -0.4 is 9.80 Å². The van der Waals surface area contributed by atoms with Gasteiger partial charge in [0.15, 0.2) is 0 Å². The summed E-state index contributed by atoms with van der Waals surface area (Å²) < 4.78 is 0. The van der Waals surface area contributed by atoms with Gasteiger partial charge in [0.25, 0.3) is 0 Å². The average molecular weight is 889 g/mol. The van der Waals surface area contributed by atoms with E-state index in [-0.39, 0.29) is 5.41 Å². The van der Waals surface area contributed by atoms with E-state index in [9.17, 15) is 0 Å². The maximum absolute atomic E-state index is 2.56. The van der Waals surface area contributed by atoms with Crippen LogP contribution in [0.2, 0.25) is 0 Å². The average Bonchev–Trinajstić information content (AvgIpc) is 4.25. The Morgan fingerprint density at radius 3 is 0.971 bits per heavy atom. The molecule has 2 fully saturated rings. The molecule has 0 amide bonds. The molecule has 0 saturated heterocycles. The topological polar surface area (TPSA) is 6.48 Å². The molecule has 69 heavy (non-hydrogen) atoms. The van der Waals surface area contributed by atoms with Crippen LogP contribution in [0, 0.1) is 11.8 Å². The molecule has 3 aliphatic carbocycles. The lowest BCUT2D eigenvalue weighted by Gasteiger charge is -2.42. The van der Waals surface area contributed by atoms with Crippen molar-refractivity contribution >= 4 is 28.4 Å². The van der Waals surface area contributed by atoms with E-state index in [2.05, 4.69) is 265 Å². The summed E-state index contributed by atoms with van der Waals surface area (Å²) in [5, 5.41) is 0.